The molecule has 0 aliphatic carbocycles. The summed E-state index contributed by atoms with van der Waals surface area (Å²) in [6.07, 6.45) is 0.224. The van der Waals surface area contributed by atoms with Crippen LogP contribution in [0.1, 0.15) is 12.0 Å². The third-order valence-corrected chi connectivity index (χ3v) is 4.42. The molecule has 1 amide bonds. The van der Waals surface area contributed by atoms with Crippen LogP contribution >= 0.6 is 0 Å². The van der Waals surface area contributed by atoms with Gasteiger partial charge in [-0.1, -0.05) is 12.1 Å². The fourth-order valence-corrected chi connectivity index (χ4v) is 3.08. The number of amides is 1. The van der Waals surface area contributed by atoms with Crippen LogP contribution in [-0.4, -0.2) is 56.7 Å². The molecule has 1 aromatic carbocycles. The number of hydrogen-bond donors (Lipinski definition) is 0. The van der Waals surface area contributed by atoms with Crippen LogP contribution in [0.5, 0.6) is 0 Å². The van der Waals surface area contributed by atoms with Crippen LogP contribution in [0.4, 0.5) is 5.69 Å². The van der Waals surface area contributed by atoms with E-state index in [1.165, 1.54) is 12.7 Å². The predicted molar refractivity (Wildman–Crippen MR) is 85.0 cm³/mol. The van der Waals surface area contributed by atoms with E-state index in [-0.39, 0.29) is 24.2 Å². The highest BCUT2D eigenvalue weighted by Crippen LogP contribution is 2.26. The van der Waals surface area contributed by atoms with Crippen molar-refractivity contribution >= 4 is 17.6 Å². The lowest BCUT2D eigenvalue weighted by Crippen LogP contribution is -2.35. The van der Waals surface area contributed by atoms with E-state index in [0.29, 0.717) is 6.54 Å². The molecule has 0 aromatic heterocycles. The number of carbonyl (C=O) groups excluding carboxylic acids is 2. The van der Waals surface area contributed by atoms with Gasteiger partial charge in [-0.2, -0.15) is 0 Å². The monoisotopic (exact) mass is 318 g/mol. The summed E-state index contributed by atoms with van der Waals surface area (Å²) in [5, 5.41) is 0. The second-order valence-corrected chi connectivity index (χ2v) is 5.98. The van der Waals surface area contributed by atoms with Crippen molar-refractivity contribution in [3.63, 3.8) is 0 Å². The van der Waals surface area contributed by atoms with Crippen molar-refractivity contribution in [3.05, 3.63) is 29.8 Å². The van der Waals surface area contributed by atoms with Crippen LogP contribution in [0.25, 0.3) is 0 Å². The maximum absolute atomic E-state index is 12.1. The third-order valence-electron chi connectivity index (χ3n) is 4.42. The minimum Gasteiger partial charge on any atom is -0.469 e. The van der Waals surface area contributed by atoms with Crippen LogP contribution in [0.2, 0.25) is 0 Å². The van der Waals surface area contributed by atoms with Crippen molar-refractivity contribution in [2.45, 2.75) is 13.0 Å². The summed E-state index contributed by atoms with van der Waals surface area (Å²) >= 11 is 0. The van der Waals surface area contributed by atoms with Crippen molar-refractivity contribution in [2.75, 3.05) is 44.9 Å². The molecule has 2 fully saturated rings. The largest absolute Gasteiger partial charge is 0.469 e. The highest BCUT2D eigenvalue weighted by Gasteiger charge is 2.35. The number of carbonyl (C=O) groups is 2. The van der Waals surface area contributed by atoms with E-state index in [2.05, 4.69) is 4.90 Å². The van der Waals surface area contributed by atoms with Gasteiger partial charge in [0.1, 0.15) is 0 Å². The number of benzene rings is 1. The fourth-order valence-electron chi connectivity index (χ4n) is 3.08. The van der Waals surface area contributed by atoms with Crippen molar-refractivity contribution in [1.82, 2.24) is 4.90 Å². The van der Waals surface area contributed by atoms with Gasteiger partial charge >= 0.3 is 5.97 Å². The number of ether oxygens (including phenoxy) is 2. The van der Waals surface area contributed by atoms with E-state index in [0.717, 1.165) is 38.5 Å². The Morgan fingerprint density at radius 1 is 1.26 bits per heavy atom. The van der Waals surface area contributed by atoms with E-state index >= 15 is 0 Å². The molecule has 2 heterocycles. The minimum absolute atomic E-state index is 0.0265. The molecule has 3 rings (SSSR count). The van der Waals surface area contributed by atoms with Crippen molar-refractivity contribution in [1.29, 1.82) is 0 Å². The highest BCUT2D eigenvalue weighted by atomic mass is 16.5. The Balaban J connectivity index is 1.62. The molecule has 2 saturated heterocycles. The number of rotatable bonds is 4. The summed E-state index contributed by atoms with van der Waals surface area (Å²) in [5.74, 6) is -0.702. The SMILES string of the molecule is COC(=O)[C@H]1CC(=O)N(c2ccc(CN3CCOCC3)cc2)C1. The van der Waals surface area contributed by atoms with E-state index in [1.807, 2.05) is 24.3 Å². The zero-order valence-electron chi connectivity index (χ0n) is 13.4. The molecule has 0 bridgehead atoms. The summed E-state index contributed by atoms with van der Waals surface area (Å²) in [7, 11) is 1.36. The number of nitrogens with zero attached hydrogens (tertiary/aromatic N) is 2. The highest BCUT2D eigenvalue weighted by molar-refractivity contribution is 5.99. The Bertz CT molecular complexity index is 566. The molecule has 1 aromatic rings. The van der Waals surface area contributed by atoms with Crippen LogP contribution in [0, 0.1) is 5.92 Å². The molecule has 0 unspecified atom stereocenters. The Morgan fingerprint density at radius 3 is 2.61 bits per heavy atom. The van der Waals surface area contributed by atoms with Gasteiger partial charge < -0.3 is 14.4 Å². The van der Waals surface area contributed by atoms with Crippen LogP contribution < -0.4 is 4.90 Å². The van der Waals surface area contributed by atoms with Gasteiger partial charge in [-0.15, -0.1) is 0 Å². The topological polar surface area (TPSA) is 59.1 Å². The fraction of sp³-hybridized carbons (Fsp3) is 0.529. The Hall–Kier alpha value is -1.92. The average molecular weight is 318 g/mol. The van der Waals surface area contributed by atoms with Crippen molar-refractivity contribution in [2.24, 2.45) is 5.92 Å². The minimum atomic E-state index is -0.361. The first-order valence-corrected chi connectivity index (χ1v) is 7.94. The van der Waals surface area contributed by atoms with Gasteiger partial charge in [-0.3, -0.25) is 14.5 Å². The van der Waals surface area contributed by atoms with Gasteiger partial charge in [0.25, 0.3) is 0 Å². The summed E-state index contributed by atoms with van der Waals surface area (Å²) in [5.41, 5.74) is 2.05. The normalized spacial score (nSPS) is 22.4. The van der Waals surface area contributed by atoms with E-state index in [9.17, 15) is 9.59 Å². The molecule has 0 N–H and O–H groups in total. The average Bonchev–Trinajstić information content (AvgIpc) is 2.98. The molecule has 1 atom stereocenters. The molecule has 0 spiro atoms. The summed E-state index contributed by atoms with van der Waals surface area (Å²) < 4.78 is 10.1. The second kappa shape index (κ2) is 7.10. The van der Waals surface area contributed by atoms with Gasteiger partial charge in [0.15, 0.2) is 0 Å². The van der Waals surface area contributed by atoms with Gasteiger partial charge in [-0.05, 0) is 17.7 Å². The molecule has 6 heteroatoms. The van der Waals surface area contributed by atoms with Crippen LogP contribution in [0.15, 0.2) is 24.3 Å². The van der Waals surface area contributed by atoms with Gasteiger partial charge in [0, 0.05) is 38.3 Å². The third kappa shape index (κ3) is 3.71. The quantitative estimate of drug-likeness (QED) is 0.777. The lowest BCUT2D eigenvalue weighted by atomic mass is 10.1. The predicted octanol–water partition coefficient (Wildman–Crippen LogP) is 1.04. The number of anilines is 1. The number of methoxy groups -OCH3 is 1. The van der Waals surface area contributed by atoms with Gasteiger partial charge in [-0.25, -0.2) is 0 Å². The molecule has 2 aliphatic rings. The van der Waals surface area contributed by atoms with E-state index < -0.39 is 0 Å². The summed E-state index contributed by atoms with van der Waals surface area (Å²) in [6, 6.07) is 7.99. The number of morpholine rings is 1. The maximum atomic E-state index is 12.1. The van der Waals surface area contributed by atoms with Gasteiger partial charge in [0.2, 0.25) is 5.91 Å². The van der Waals surface area contributed by atoms with Crippen molar-refractivity contribution in [3.8, 4) is 0 Å². The van der Waals surface area contributed by atoms with Crippen LogP contribution in [-0.2, 0) is 25.6 Å². The molecular weight excluding hydrogens is 296 g/mol. The molecule has 23 heavy (non-hydrogen) atoms. The second-order valence-electron chi connectivity index (χ2n) is 5.98. The van der Waals surface area contributed by atoms with Crippen molar-refractivity contribution < 1.29 is 19.1 Å². The molecule has 6 nitrogen and oxygen atoms in total. The zero-order chi connectivity index (χ0) is 16.2. The first-order chi connectivity index (χ1) is 11.2. The Labute approximate surface area is 136 Å². The smallest absolute Gasteiger partial charge is 0.311 e. The summed E-state index contributed by atoms with van der Waals surface area (Å²) in [4.78, 5) is 27.7. The molecule has 0 radical (unpaired) electrons. The number of esters is 1. The lowest BCUT2D eigenvalue weighted by molar-refractivity contribution is -0.145. The zero-order valence-corrected chi connectivity index (χ0v) is 13.4. The standard InChI is InChI=1S/C17H22N2O4/c1-22-17(21)14-10-16(20)19(12-14)15-4-2-13(3-5-15)11-18-6-8-23-9-7-18/h2-5,14H,6-12H2,1H3/t14-/m0/s1. The summed E-state index contributed by atoms with van der Waals surface area (Å²) in [6.45, 7) is 4.77. The van der Waals surface area contributed by atoms with Crippen LogP contribution in [0.3, 0.4) is 0 Å². The Morgan fingerprint density at radius 2 is 1.96 bits per heavy atom. The van der Waals surface area contributed by atoms with E-state index in [1.54, 1.807) is 4.90 Å². The van der Waals surface area contributed by atoms with Gasteiger partial charge in [0.05, 0.1) is 26.2 Å². The molecular formula is C17H22N2O4. The first-order valence-electron chi connectivity index (χ1n) is 7.94. The Kier molecular flexibility index (Phi) is 4.93. The van der Waals surface area contributed by atoms with E-state index in [4.69, 9.17) is 9.47 Å². The molecule has 2 aliphatic heterocycles. The molecule has 124 valence electrons. The first kappa shape index (κ1) is 16.0. The number of hydrogen-bond acceptors (Lipinski definition) is 5. The molecule has 0 saturated carbocycles. The maximum Gasteiger partial charge on any atom is 0.311 e. The lowest BCUT2D eigenvalue weighted by Gasteiger charge is -2.26.